The summed E-state index contributed by atoms with van der Waals surface area (Å²) in [5.74, 6) is -1.56. The number of carbonyl (C=O) groups is 4. The molecule has 2 amide bonds. The van der Waals surface area contributed by atoms with Crippen molar-refractivity contribution in [2.45, 2.75) is 52.4 Å². The first kappa shape index (κ1) is 27.6. The molecule has 0 radical (unpaired) electrons. The Morgan fingerprint density at radius 1 is 0.643 bits per heavy atom. The van der Waals surface area contributed by atoms with Gasteiger partial charge in [0.25, 0.3) is 0 Å². The molecule has 0 spiro atoms. The molecule has 0 saturated carbocycles. The molecule has 8 heteroatoms. The van der Waals surface area contributed by atoms with Crippen molar-refractivity contribution in [2.24, 2.45) is 0 Å². The predicted octanol–water partition coefficient (Wildman–Crippen LogP) is 2.04. The fourth-order valence-electron chi connectivity index (χ4n) is 1.71. The Balaban J connectivity index is 0. The quantitative estimate of drug-likeness (QED) is 0.296. The lowest BCUT2D eigenvalue weighted by Crippen LogP contribution is -2.22. The molecule has 0 atom stereocenters. The van der Waals surface area contributed by atoms with Gasteiger partial charge in [0, 0.05) is 37.4 Å². The van der Waals surface area contributed by atoms with Crippen molar-refractivity contribution >= 4 is 23.8 Å². The van der Waals surface area contributed by atoms with Crippen LogP contribution in [0.25, 0.3) is 0 Å². The van der Waals surface area contributed by atoms with E-state index < -0.39 is 11.9 Å². The van der Waals surface area contributed by atoms with Gasteiger partial charge in [0.15, 0.2) is 0 Å². The number of carbonyl (C=O) groups excluding carboxylic acids is 4. The SMILES string of the molecule is CCCCCNC(=O)/C=C/C(=O)OC.CCCCCNC(=O)/C=C\C(=O)OC. The molecule has 0 aliphatic rings. The Hall–Kier alpha value is -2.64. The van der Waals surface area contributed by atoms with Crippen LogP contribution in [-0.2, 0) is 28.7 Å². The van der Waals surface area contributed by atoms with E-state index in [2.05, 4.69) is 34.0 Å². The second-order valence-electron chi connectivity index (χ2n) is 5.71. The summed E-state index contributed by atoms with van der Waals surface area (Å²) in [6.07, 6.45) is 10.9. The van der Waals surface area contributed by atoms with Gasteiger partial charge in [0.1, 0.15) is 0 Å². The van der Waals surface area contributed by atoms with Crippen LogP contribution < -0.4 is 10.6 Å². The van der Waals surface area contributed by atoms with E-state index in [0.29, 0.717) is 13.1 Å². The molecule has 28 heavy (non-hydrogen) atoms. The first-order valence-electron chi connectivity index (χ1n) is 9.48. The molecule has 0 aromatic heterocycles. The van der Waals surface area contributed by atoms with Crippen molar-refractivity contribution < 1.29 is 28.7 Å². The van der Waals surface area contributed by atoms with Crippen LogP contribution in [0.2, 0.25) is 0 Å². The third kappa shape index (κ3) is 21.4. The van der Waals surface area contributed by atoms with Crippen molar-refractivity contribution in [2.75, 3.05) is 27.3 Å². The van der Waals surface area contributed by atoms with E-state index in [-0.39, 0.29) is 11.8 Å². The Morgan fingerprint density at radius 2 is 1.00 bits per heavy atom. The Bertz CT molecular complexity index is 469. The highest BCUT2D eigenvalue weighted by atomic mass is 16.5. The lowest BCUT2D eigenvalue weighted by molar-refractivity contribution is -0.135. The normalized spacial score (nSPS) is 10.1. The van der Waals surface area contributed by atoms with Crippen molar-refractivity contribution in [3.63, 3.8) is 0 Å². The highest BCUT2D eigenvalue weighted by molar-refractivity contribution is 5.95. The standard InChI is InChI=1S/2C10H17NO3/c2*1-3-4-5-8-11-9(12)6-7-10(13)14-2/h2*6-7H,3-5,8H2,1-2H3,(H,11,12)/b7-6+;7-6-. The van der Waals surface area contributed by atoms with Gasteiger partial charge < -0.3 is 20.1 Å². The van der Waals surface area contributed by atoms with Crippen LogP contribution in [0.5, 0.6) is 0 Å². The minimum atomic E-state index is -0.520. The van der Waals surface area contributed by atoms with Crippen LogP contribution >= 0.6 is 0 Å². The summed E-state index contributed by atoms with van der Waals surface area (Å²) in [5.41, 5.74) is 0. The third-order valence-corrected chi connectivity index (χ3v) is 3.30. The number of esters is 2. The molecule has 0 fully saturated rings. The molecule has 0 aromatic rings. The second kappa shape index (κ2) is 20.7. The zero-order valence-corrected chi connectivity index (χ0v) is 17.4. The summed E-state index contributed by atoms with van der Waals surface area (Å²) in [6.45, 7) is 5.49. The van der Waals surface area contributed by atoms with E-state index in [9.17, 15) is 19.2 Å². The average Bonchev–Trinajstić information content (AvgIpc) is 2.71. The summed E-state index contributed by atoms with van der Waals surface area (Å²) in [7, 11) is 2.54. The molecule has 2 N–H and O–H groups in total. The van der Waals surface area contributed by atoms with Gasteiger partial charge in [-0.15, -0.1) is 0 Å². The molecule has 0 rings (SSSR count). The van der Waals surface area contributed by atoms with Gasteiger partial charge in [-0.05, 0) is 12.8 Å². The van der Waals surface area contributed by atoms with Gasteiger partial charge in [-0.3, -0.25) is 9.59 Å². The zero-order valence-electron chi connectivity index (χ0n) is 17.4. The Morgan fingerprint density at radius 3 is 1.29 bits per heavy atom. The fourth-order valence-corrected chi connectivity index (χ4v) is 1.71. The smallest absolute Gasteiger partial charge is 0.330 e. The Kier molecular flexibility index (Phi) is 20.4. The van der Waals surface area contributed by atoms with Gasteiger partial charge in [-0.1, -0.05) is 39.5 Å². The first-order valence-corrected chi connectivity index (χ1v) is 9.48. The summed E-state index contributed by atoms with van der Waals surface area (Å²) < 4.78 is 8.68. The van der Waals surface area contributed by atoms with Crippen LogP contribution in [0.1, 0.15) is 52.4 Å². The van der Waals surface area contributed by atoms with E-state index in [4.69, 9.17) is 0 Å². The number of hydrogen-bond donors (Lipinski definition) is 2. The van der Waals surface area contributed by atoms with E-state index >= 15 is 0 Å². The molecular weight excluding hydrogens is 364 g/mol. The van der Waals surface area contributed by atoms with Crippen molar-refractivity contribution in [3.05, 3.63) is 24.3 Å². The number of amides is 2. The molecule has 0 saturated heterocycles. The average molecular weight is 399 g/mol. The maximum absolute atomic E-state index is 11.0. The second-order valence-corrected chi connectivity index (χ2v) is 5.71. The van der Waals surface area contributed by atoms with Crippen molar-refractivity contribution in [3.8, 4) is 0 Å². The first-order chi connectivity index (χ1) is 13.4. The van der Waals surface area contributed by atoms with Crippen molar-refractivity contribution in [1.29, 1.82) is 0 Å². The van der Waals surface area contributed by atoms with E-state index in [0.717, 1.165) is 50.7 Å². The van der Waals surface area contributed by atoms with Crippen LogP contribution in [-0.4, -0.2) is 51.1 Å². The number of hydrogen-bond acceptors (Lipinski definition) is 6. The molecule has 0 aliphatic carbocycles. The maximum atomic E-state index is 11.0. The topological polar surface area (TPSA) is 111 Å². The van der Waals surface area contributed by atoms with Crippen LogP contribution in [0.4, 0.5) is 0 Å². The fraction of sp³-hybridized carbons (Fsp3) is 0.600. The van der Waals surface area contributed by atoms with Gasteiger partial charge in [-0.25, -0.2) is 9.59 Å². The minimum absolute atomic E-state index is 0.258. The predicted molar refractivity (Wildman–Crippen MR) is 107 cm³/mol. The molecule has 0 heterocycles. The maximum Gasteiger partial charge on any atom is 0.330 e. The largest absolute Gasteiger partial charge is 0.466 e. The zero-order chi connectivity index (χ0) is 21.6. The van der Waals surface area contributed by atoms with E-state index in [1.807, 2.05) is 0 Å². The molecule has 0 aliphatic heterocycles. The highest BCUT2D eigenvalue weighted by Crippen LogP contribution is 1.91. The number of nitrogens with one attached hydrogen (secondary N) is 2. The minimum Gasteiger partial charge on any atom is -0.466 e. The third-order valence-electron chi connectivity index (χ3n) is 3.30. The highest BCUT2D eigenvalue weighted by Gasteiger charge is 1.97. The van der Waals surface area contributed by atoms with E-state index in [1.165, 1.54) is 26.4 Å². The van der Waals surface area contributed by atoms with Crippen LogP contribution in [0.15, 0.2) is 24.3 Å². The van der Waals surface area contributed by atoms with Crippen LogP contribution in [0, 0.1) is 0 Å². The van der Waals surface area contributed by atoms with E-state index in [1.54, 1.807) is 0 Å². The summed E-state index contributed by atoms with van der Waals surface area (Å²) in [5, 5.41) is 5.33. The number of methoxy groups -OCH3 is 2. The Labute approximate surface area is 167 Å². The van der Waals surface area contributed by atoms with Gasteiger partial charge >= 0.3 is 11.9 Å². The number of ether oxygens (including phenoxy) is 2. The van der Waals surface area contributed by atoms with Crippen molar-refractivity contribution in [1.82, 2.24) is 10.6 Å². The molecule has 0 bridgehead atoms. The molecule has 160 valence electrons. The van der Waals surface area contributed by atoms with Crippen LogP contribution in [0.3, 0.4) is 0 Å². The van der Waals surface area contributed by atoms with Gasteiger partial charge in [0.2, 0.25) is 11.8 Å². The van der Waals surface area contributed by atoms with Gasteiger partial charge in [0.05, 0.1) is 14.2 Å². The molecule has 0 aromatic carbocycles. The number of rotatable bonds is 12. The lowest BCUT2D eigenvalue weighted by atomic mass is 10.2. The summed E-state index contributed by atoms with van der Waals surface area (Å²) >= 11 is 0. The molecule has 8 nitrogen and oxygen atoms in total. The summed E-state index contributed by atoms with van der Waals surface area (Å²) in [4.78, 5) is 43.2. The lowest BCUT2D eigenvalue weighted by Gasteiger charge is -1.99. The number of unbranched alkanes of at least 4 members (excludes halogenated alkanes) is 4. The summed E-state index contributed by atoms with van der Waals surface area (Å²) in [6, 6.07) is 0. The van der Waals surface area contributed by atoms with Gasteiger partial charge in [-0.2, -0.15) is 0 Å². The monoisotopic (exact) mass is 398 g/mol. The molecular formula is C20H34N2O6. The molecule has 0 unspecified atom stereocenters.